The monoisotopic (exact) mass is 389 g/mol. The van der Waals surface area contributed by atoms with Crippen LogP contribution in [0, 0.1) is 0 Å². The Balaban J connectivity index is 1.37. The van der Waals surface area contributed by atoms with Gasteiger partial charge in [-0.1, -0.05) is 36.4 Å². The Labute approximate surface area is 169 Å². The summed E-state index contributed by atoms with van der Waals surface area (Å²) in [4.78, 5) is 15.0. The molecule has 0 bridgehead atoms. The standard InChI is InChI=1S/C23H23N3O3/c27-22(25-13-10-23(11-14-25)28-15-16-29-23)19-7-4-8-20(17-19)26-21(9-12-24-26)18-5-2-1-3-6-18/h1-9,12,17H,10-11,13-16H2. The van der Waals surface area contributed by atoms with Crippen LogP contribution < -0.4 is 0 Å². The van der Waals surface area contributed by atoms with E-state index in [1.54, 1.807) is 6.20 Å². The summed E-state index contributed by atoms with van der Waals surface area (Å²) in [5.41, 5.74) is 3.61. The van der Waals surface area contributed by atoms with Crippen LogP contribution in [0.25, 0.3) is 16.9 Å². The number of rotatable bonds is 3. The summed E-state index contributed by atoms with van der Waals surface area (Å²) >= 11 is 0. The highest BCUT2D eigenvalue weighted by molar-refractivity contribution is 5.94. The highest BCUT2D eigenvalue weighted by Crippen LogP contribution is 2.32. The number of hydrogen-bond acceptors (Lipinski definition) is 4. The van der Waals surface area contributed by atoms with Gasteiger partial charge in [-0.05, 0) is 24.3 Å². The van der Waals surface area contributed by atoms with Crippen molar-refractivity contribution in [3.63, 3.8) is 0 Å². The van der Waals surface area contributed by atoms with Gasteiger partial charge >= 0.3 is 0 Å². The molecular formula is C23H23N3O3. The molecular weight excluding hydrogens is 366 g/mol. The van der Waals surface area contributed by atoms with Crippen LogP contribution >= 0.6 is 0 Å². The Morgan fingerprint density at radius 1 is 0.931 bits per heavy atom. The number of ether oxygens (including phenoxy) is 2. The van der Waals surface area contributed by atoms with Crippen molar-refractivity contribution in [3.8, 4) is 16.9 Å². The average Bonchev–Trinajstić information content (AvgIpc) is 3.45. The number of amides is 1. The Bertz CT molecular complexity index is 999. The van der Waals surface area contributed by atoms with Gasteiger partial charge in [0.25, 0.3) is 5.91 Å². The van der Waals surface area contributed by atoms with Crippen LogP contribution in [0.15, 0.2) is 66.9 Å². The first-order valence-corrected chi connectivity index (χ1v) is 10.0. The van der Waals surface area contributed by atoms with E-state index in [0.717, 1.165) is 29.8 Å². The van der Waals surface area contributed by atoms with E-state index >= 15 is 0 Å². The number of benzene rings is 2. The molecule has 3 aromatic rings. The zero-order chi connectivity index (χ0) is 19.7. The third kappa shape index (κ3) is 3.45. The molecule has 0 radical (unpaired) electrons. The first kappa shape index (κ1) is 18.1. The van der Waals surface area contributed by atoms with Gasteiger partial charge in [-0.25, -0.2) is 4.68 Å². The van der Waals surface area contributed by atoms with Gasteiger partial charge in [-0.3, -0.25) is 4.79 Å². The Morgan fingerprint density at radius 3 is 2.45 bits per heavy atom. The smallest absolute Gasteiger partial charge is 0.253 e. The highest BCUT2D eigenvalue weighted by atomic mass is 16.7. The molecule has 0 saturated carbocycles. The fraction of sp³-hybridized carbons (Fsp3) is 0.304. The molecule has 0 aliphatic carbocycles. The second kappa shape index (κ2) is 7.46. The van der Waals surface area contributed by atoms with E-state index < -0.39 is 5.79 Å². The molecule has 2 aliphatic rings. The number of hydrogen-bond donors (Lipinski definition) is 0. The molecule has 1 amide bonds. The molecule has 6 nitrogen and oxygen atoms in total. The summed E-state index contributed by atoms with van der Waals surface area (Å²) in [6.45, 7) is 2.56. The van der Waals surface area contributed by atoms with Crippen molar-refractivity contribution in [3.05, 3.63) is 72.4 Å². The molecule has 2 aromatic carbocycles. The van der Waals surface area contributed by atoms with Crippen LogP contribution in [0.2, 0.25) is 0 Å². The van der Waals surface area contributed by atoms with E-state index in [1.165, 1.54) is 0 Å². The van der Waals surface area contributed by atoms with Crippen LogP contribution in [-0.2, 0) is 9.47 Å². The maximum absolute atomic E-state index is 13.1. The summed E-state index contributed by atoms with van der Waals surface area (Å²) in [6.07, 6.45) is 3.22. The fourth-order valence-electron chi connectivity index (χ4n) is 4.13. The van der Waals surface area contributed by atoms with Gasteiger partial charge in [-0.2, -0.15) is 5.10 Å². The van der Waals surface area contributed by atoms with E-state index in [-0.39, 0.29) is 5.91 Å². The molecule has 6 heteroatoms. The van der Waals surface area contributed by atoms with Crippen LogP contribution in [0.1, 0.15) is 23.2 Å². The third-order valence-corrected chi connectivity index (χ3v) is 5.68. The van der Waals surface area contributed by atoms with Crippen molar-refractivity contribution in [2.45, 2.75) is 18.6 Å². The first-order valence-electron chi connectivity index (χ1n) is 10.0. The second-order valence-corrected chi connectivity index (χ2v) is 7.44. The predicted molar refractivity (Wildman–Crippen MR) is 109 cm³/mol. The fourth-order valence-corrected chi connectivity index (χ4v) is 4.13. The average molecular weight is 389 g/mol. The van der Waals surface area contributed by atoms with Gasteiger partial charge in [0.15, 0.2) is 5.79 Å². The van der Waals surface area contributed by atoms with E-state index in [0.29, 0.717) is 31.9 Å². The molecule has 2 aliphatic heterocycles. The van der Waals surface area contributed by atoms with Crippen molar-refractivity contribution in [2.75, 3.05) is 26.3 Å². The molecule has 148 valence electrons. The minimum absolute atomic E-state index is 0.0353. The van der Waals surface area contributed by atoms with Gasteiger partial charge < -0.3 is 14.4 Å². The zero-order valence-corrected chi connectivity index (χ0v) is 16.2. The van der Waals surface area contributed by atoms with Crippen LogP contribution in [0.3, 0.4) is 0 Å². The molecule has 0 unspecified atom stereocenters. The molecule has 1 aromatic heterocycles. The molecule has 5 rings (SSSR count). The number of likely N-dealkylation sites (tertiary alicyclic amines) is 1. The predicted octanol–water partition coefficient (Wildman–Crippen LogP) is 3.52. The van der Waals surface area contributed by atoms with E-state index in [9.17, 15) is 4.79 Å². The zero-order valence-electron chi connectivity index (χ0n) is 16.2. The van der Waals surface area contributed by atoms with E-state index in [2.05, 4.69) is 17.2 Å². The number of nitrogens with zero attached hydrogens (tertiary/aromatic N) is 3. The van der Waals surface area contributed by atoms with Gasteiger partial charge in [0.05, 0.1) is 30.8 Å². The number of piperidine rings is 1. The maximum atomic E-state index is 13.1. The molecule has 1 spiro atoms. The SMILES string of the molecule is O=C(c1cccc(-n2nccc2-c2ccccc2)c1)N1CCC2(CC1)OCCO2. The van der Waals surface area contributed by atoms with Crippen LogP contribution in [0.5, 0.6) is 0 Å². The quantitative estimate of drug-likeness (QED) is 0.688. The topological polar surface area (TPSA) is 56.6 Å². The number of carbonyl (C=O) groups excluding carboxylic acids is 1. The molecule has 2 fully saturated rings. The summed E-state index contributed by atoms with van der Waals surface area (Å²) in [5, 5.41) is 4.48. The van der Waals surface area contributed by atoms with Gasteiger partial charge in [0.1, 0.15) is 0 Å². The minimum atomic E-state index is -0.474. The Kier molecular flexibility index (Phi) is 4.66. The second-order valence-electron chi connectivity index (χ2n) is 7.44. The molecule has 29 heavy (non-hydrogen) atoms. The van der Waals surface area contributed by atoms with Crippen molar-refractivity contribution in [2.24, 2.45) is 0 Å². The Morgan fingerprint density at radius 2 is 1.69 bits per heavy atom. The molecule has 2 saturated heterocycles. The Hall–Kier alpha value is -2.96. The highest BCUT2D eigenvalue weighted by Gasteiger charge is 2.40. The maximum Gasteiger partial charge on any atom is 0.253 e. The molecule has 0 atom stereocenters. The summed E-state index contributed by atoms with van der Waals surface area (Å²) < 4.78 is 13.4. The summed E-state index contributed by atoms with van der Waals surface area (Å²) in [6, 6.07) is 19.8. The normalized spacial score (nSPS) is 18.3. The van der Waals surface area contributed by atoms with Crippen molar-refractivity contribution < 1.29 is 14.3 Å². The minimum Gasteiger partial charge on any atom is -0.347 e. The summed E-state index contributed by atoms with van der Waals surface area (Å²) in [5.74, 6) is -0.439. The lowest BCUT2D eigenvalue weighted by molar-refractivity contribution is -0.181. The lowest BCUT2D eigenvalue weighted by Crippen LogP contribution is -2.47. The van der Waals surface area contributed by atoms with Crippen LogP contribution in [-0.4, -0.2) is 52.7 Å². The van der Waals surface area contributed by atoms with Crippen molar-refractivity contribution in [1.82, 2.24) is 14.7 Å². The van der Waals surface area contributed by atoms with Crippen molar-refractivity contribution >= 4 is 5.91 Å². The van der Waals surface area contributed by atoms with E-state index in [1.807, 2.05) is 58.1 Å². The largest absolute Gasteiger partial charge is 0.347 e. The number of aromatic nitrogens is 2. The lowest BCUT2D eigenvalue weighted by atomic mass is 10.0. The van der Waals surface area contributed by atoms with Crippen LogP contribution in [0.4, 0.5) is 0 Å². The third-order valence-electron chi connectivity index (χ3n) is 5.68. The van der Waals surface area contributed by atoms with Gasteiger partial charge in [0.2, 0.25) is 0 Å². The van der Waals surface area contributed by atoms with E-state index in [4.69, 9.17) is 9.47 Å². The van der Waals surface area contributed by atoms with Gasteiger partial charge in [-0.15, -0.1) is 0 Å². The molecule has 3 heterocycles. The number of carbonyl (C=O) groups is 1. The lowest BCUT2D eigenvalue weighted by Gasteiger charge is -2.37. The molecule has 0 N–H and O–H groups in total. The summed E-state index contributed by atoms with van der Waals surface area (Å²) in [7, 11) is 0. The first-order chi connectivity index (χ1) is 14.2. The van der Waals surface area contributed by atoms with Crippen molar-refractivity contribution in [1.29, 1.82) is 0 Å². The van der Waals surface area contributed by atoms with Gasteiger partial charge in [0, 0.05) is 37.1 Å².